The number of anilines is 2. The number of hydrogen-bond acceptors (Lipinski definition) is 3. The lowest BCUT2D eigenvalue weighted by Crippen LogP contribution is -2.03. The van der Waals surface area contributed by atoms with Gasteiger partial charge in [-0.25, -0.2) is 0 Å². The number of nitrogens with one attached hydrogen (secondary N) is 1. The van der Waals surface area contributed by atoms with E-state index in [1.54, 1.807) is 11.8 Å². The molecule has 0 unspecified atom stereocenters. The van der Waals surface area contributed by atoms with E-state index in [2.05, 4.69) is 48.6 Å². The predicted molar refractivity (Wildman–Crippen MR) is 80.7 cm³/mol. The Bertz CT molecular complexity index is 583. The first-order valence-corrected chi connectivity index (χ1v) is 7.50. The van der Waals surface area contributed by atoms with E-state index in [0.29, 0.717) is 0 Å². The molecule has 0 atom stereocenters. The first-order chi connectivity index (χ1) is 9.38. The van der Waals surface area contributed by atoms with Crippen molar-refractivity contribution in [1.82, 2.24) is 0 Å². The first-order valence-electron chi connectivity index (χ1n) is 6.68. The van der Waals surface area contributed by atoms with E-state index >= 15 is 0 Å². The molecule has 2 nitrogen and oxygen atoms in total. The average molecular weight is 271 g/mol. The molecule has 0 spiro atoms. The summed E-state index contributed by atoms with van der Waals surface area (Å²) < 4.78 is 5.90. The highest BCUT2D eigenvalue weighted by Gasteiger charge is 2.18. The van der Waals surface area contributed by atoms with Crippen LogP contribution in [-0.4, -0.2) is 6.61 Å². The summed E-state index contributed by atoms with van der Waals surface area (Å²) in [5, 5.41) is 3.47. The van der Waals surface area contributed by atoms with E-state index in [0.717, 1.165) is 30.9 Å². The molecule has 0 bridgehead atoms. The molecular weight excluding hydrogens is 254 g/mol. The van der Waals surface area contributed by atoms with Crippen LogP contribution in [0.3, 0.4) is 0 Å². The number of rotatable bonds is 4. The van der Waals surface area contributed by atoms with Gasteiger partial charge in [-0.1, -0.05) is 43.3 Å². The van der Waals surface area contributed by atoms with Gasteiger partial charge in [0.1, 0.15) is 5.75 Å². The van der Waals surface area contributed by atoms with E-state index < -0.39 is 0 Å². The van der Waals surface area contributed by atoms with Gasteiger partial charge >= 0.3 is 0 Å². The molecule has 0 amide bonds. The fourth-order valence-electron chi connectivity index (χ4n) is 2.07. The smallest absolute Gasteiger partial charge is 0.135 e. The van der Waals surface area contributed by atoms with Crippen LogP contribution in [0.15, 0.2) is 52.3 Å². The predicted octanol–water partition coefficient (Wildman–Crippen LogP) is 5.07. The van der Waals surface area contributed by atoms with Gasteiger partial charge in [-0.2, -0.15) is 0 Å². The van der Waals surface area contributed by atoms with Crippen LogP contribution in [-0.2, 0) is 0 Å². The Morgan fingerprint density at radius 2 is 1.89 bits per heavy atom. The number of fused-ring (bicyclic) bond motifs is 2. The maximum absolute atomic E-state index is 5.90. The van der Waals surface area contributed by atoms with Gasteiger partial charge in [0.05, 0.1) is 22.9 Å². The standard InChI is InChI=1S/C16H17NOS/c1-2-3-11-18-14-9-6-8-13-16(14)19-15-10-5-4-7-12(15)17-13/h4-10,17H,2-3,11H2,1H3. The molecule has 1 N–H and O–H groups in total. The monoisotopic (exact) mass is 271 g/mol. The van der Waals surface area contributed by atoms with Crippen molar-refractivity contribution in [3.05, 3.63) is 42.5 Å². The second-order valence-electron chi connectivity index (χ2n) is 4.56. The van der Waals surface area contributed by atoms with Crippen molar-refractivity contribution in [2.45, 2.75) is 29.6 Å². The molecule has 3 heteroatoms. The minimum Gasteiger partial charge on any atom is -0.492 e. The molecule has 0 radical (unpaired) electrons. The molecule has 0 aliphatic carbocycles. The molecule has 0 saturated carbocycles. The molecule has 3 rings (SSSR count). The van der Waals surface area contributed by atoms with Crippen LogP contribution in [0.5, 0.6) is 5.75 Å². The number of hydrogen-bond donors (Lipinski definition) is 1. The Morgan fingerprint density at radius 1 is 1.05 bits per heavy atom. The highest BCUT2D eigenvalue weighted by molar-refractivity contribution is 7.99. The van der Waals surface area contributed by atoms with Crippen molar-refractivity contribution >= 4 is 23.1 Å². The van der Waals surface area contributed by atoms with Crippen LogP contribution < -0.4 is 10.1 Å². The molecular formula is C16H17NOS. The van der Waals surface area contributed by atoms with Crippen LogP contribution >= 0.6 is 11.8 Å². The summed E-state index contributed by atoms with van der Waals surface area (Å²) in [5.41, 5.74) is 2.31. The zero-order valence-electron chi connectivity index (χ0n) is 11.0. The minimum absolute atomic E-state index is 0.787. The van der Waals surface area contributed by atoms with Gasteiger partial charge in [0.15, 0.2) is 0 Å². The molecule has 1 heterocycles. The summed E-state index contributed by atoms with van der Waals surface area (Å²) in [6.07, 6.45) is 2.25. The Balaban J connectivity index is 1.88. The summed E-state index contributed by atoms with van der Waals surface area (Å²) in [6, 6.07) is 14.6. The number of ether oxygens (including phenoxy) is 1. The Kier molecular flexibility index (Phi) is 3.65. The number of unbranched alkanes of at least 4 members (excludes halogenated alkanes) is 1. The lowest BCUT2D eigenvalue weighted by molar-refractivity contribution is 0.303. The molecule has 0 aromatic heterocycles. The molecule has 98 valence electrons. The van der Waals surface area contributed by atoms with E-state index in [9.17, 15) is 0 Å². The van der Waals surface area contributed by atoms with Gasteiger partial charge in [0, 0.05) is 4.90 Å². The van der Waals surface area contributed by atoms with Crippen LogP contribution in [0.1, 0.15) is 19.8 Å². The zero-order valence-corrected chi connectivity index (χ0v) is 11.8. The maximum Gasteiger partial charge on any atom is 0.135 e. The molecule has 2 aromatic rings. The van der Waals surface area contributed by atoms with Crippen LogP contribution in [0, 0.1) is 0 Å². The van der Waals surface area contributed by atoms with Gasteiger partial charge in [0.2, 0.25) is 0 Å². The highest BCUT2D eigenvalue weighted by atomic mass is 32.2. The summed E-state index contributed by atoms with van der Waals surface area (Å²) in [7, 11) is 0. The fraction of sp³-hybridized carbons (Fsp3) is 0.250. The summed E-state index contributed by atoms with van der Waals surface area (Å²) >= 11 is 1.78. The van der Waals surface area contributed by atoms with Crippen molar-refractivity contribution in [2.24, 2.45) is 0 Å². The van der Waals surface area contributed by atoms with Crippen molar-refractivity contribution < 1.29 is 4.74 Å². The summed E-state index contributed by atoms with van der Waals surface area (Å²) in [4.78, 5) is 2.44. The highest BCUT2D eigenvalue weighted by Crippen LogP contribution is 2.48. The lowest BCUT2D eigenvalue weighted by atomic mass is 10.2. The van der Waals surface area contributed by atoms with Crippen molar-refractivity contribution in [3.63, 3.8) is 0 Å². The topological polar surface area (TPSA) is 21.3 Å². The Labute approximate surface area is 118 Å². The SMILES string of the molecule is CCCCOc1cccc2c1Sc1ccccc1N2. The lowest BCUT2D eigenvalue weighted by Gasteiger charge is -2.22. The van der Waals surface area contributed by atoms with E-state index in [1.165, 1.54) is 15.5 Å². The van der Waals surface area contributed by atoms with Gasteiger partial charge in [-0.3, -0.25) is 0 Å². The zero-order chi connectivity index (χ0) is 13.1. The fourth-order valence-corrected chi connectivity index (χ4v) is 3.13. The average Bonchev–Trinajstić information content (AvgIpc) is 2.46. The molecule has 1 aliphatic heterocycles. The molecule has 19 heavy (non-hydrogen) atoms. The second-order valence-corrected chi connectivity index (χ2v) is 5.61. The van der Waals surface area contributed by atoms with Gasteiger partial charge in [-0.15, -0.1) is 0 Å². The van der Waals surface area contributed by atoms with Crippen LogP contribution in [0.4, 0.5) is 11.4 Å². The van der Waals surface area contributed by atoms with E-state index in [1.807, 2.05) is 6.07 Å². The van der Waals surface area contributed by atoms with Crippen molar-refractivity contribution in [2.75, 3.05) is 11.9 Å². The number of benzene rings is 2. The Morgan fingerprint density at radius 3 is 2.79 bits per heavy atom. The van der Waals surface area contributed by atoms with Crippen LogP contribution in [0.25, 0.3) is 0 Å². The molecule has 0 fully saturated rings. The van der Waals surface area contributed by atoms with E-state index in [-0.39, 0.29) is 0 Å². The second kappa shape index (κ2) is 5.57. The first kappa shape index (κ1) is 12.4. The summed E-state index contributed by atoms with van der Waals surface area (Å²) in [5.74, 6) is 0.984. The van der Waals surface area contributed by atoms with Crippen molar-refractivity contribution in [3.8, 4) is 5.75 Å². The maximum atomic E-state index is 5.90. The Hall–Kier alpha value is -1.61. The van der Waals surface area contributed by atoms with Gasteiger partial charge in [0.25, 0.3) is 0 Å². The quantitative estimate of drug-likeness (QED) is 0.669. The van der Waals surface area contributed by atoms with Crippen LogP contribution in [0.2, 0.25) is 0 Å². The molecule has 2 aromatic carbocycles. The van der Waals surface area contributed by atoms with Gasteiger partial charge in [-0.05, 0) is 30.7 Å². The third-order valence-electron chi connectivity index (χ3n) is 3.10. The third kappa shape index (κ3) is 2.56. The molecule has 1 aliphatic rings. The minimum atomic E-state index is 0.787. The van der Waals surface area contributed by atoms with E-state index in [4.69, 9.17) is 4.74 Å². The molecule has 0 saturated heterocycles. The normalized spacial score (nSPS) is 12.3. The third-order valence-corrected chi connectivity index (χ3v) is 4.30. The summed E-state index contributed by atoms with van der Waals surface area (Å²) in [6.45, 7) is 2.96. The number of para-hydroxylation sites is 1. The van der Waals surface area contributed by atoms with Crippen molar-refractivity contribution in [1.29, 1.82) is 0 Å². The largest absolute Gasteiger partial charge is 0.492 e. The van der Waals surface area contributed by atoms with Gasteiger partial charge < -0.3 is 10.1 Å².